The van der Waals surface area contributed by atoms with Crippen LogP contribution in [0.4, 0.5) is 13.2 Å². The standard InChI is InChI=1S/C10H9ClF3NO4/c1-18-8(17)2-5-6(3-11)7(16)4-15-9(5)19-10(12,13)14/h4,16H,2-3H2,1H3. The predicted molar refractivity (Wildman–Crippen MR) is 57.9 cm³/mol. The van der Waals surface area contributed by atoms with Gasteiger partial charge in [-0.2, -0.15) is 0 Å². The molecular formula is C10H9ClF3NO4. The van der Waals surface area contributed by atoms with Crippen LogP contribution in [0, 0.1) is 0 Å². The molecule has 1 N–H and O–H groups in total. The van der Waals surface area contributed by atoms with Crippen molar-refractivity contribution in [3.63, 3.8) is 0 Å². The molecule has 19 heavy (non-hydrogen) atoms. The summed E-state index contributed by atoms with van der Waals surface area (Å²) in [7, 11) is 1.07. The first kappa shape index (κ1) is 15.4. The van der Waals surface area contributed by atoms with Crippen LogP contribution in [0.15, 0.2) is 6.20 Å². The van der Waals surface area contributed by atoms with Gasteiger partial charge in [0, 0.05) is 11.1 Å². The summed E-state index contributed by atoms with van der Waals surface area (Å²) in [6.45, 7) is 0. The molecule has 5 nitrogen and oxygen atoms in total. The quantitative estimate of drug-likeness (QED) is 0.681. The van der Waals surface area contributed by atoms with Crippen LogP contribution in [0.25, 0.3) is 0 Å². The number of esters is 1. The Balaban J connectivity index is 3.25. The third-order valence-corrected chi connectivity index (χ3v) is 2.40. The van der Waals surface area contributed by atoms with E-state index in [4.69, 9.17) is 11.6 Å². The maximum Gasteiger partial charge on any atom is 0.574 e. The van der Waals surface area contributed by atoms with Crippen molar-refractivity contribution >= 4 is 17.6 Å². The van der Waals surface area contributed by atoms with Gasteiger partial charge in [0.25, 0.3) is 0 Å². The second-order valence-corrected chi connectivity index (χ2v) is 3.61. The molecule has 0 bridgehead atoms. The number of pyridine rings is 1. The maximum absolute atomic E-state index is 12.2. The van der Waals surface area contributed by atoms with Gasteiger partial charge in [-0.05, 0) is 0 Å². The second kappa shape index (κ2) is 5.96. The van der Waals surface area contributed by atoms with E-state index in [1.54, 1.807) is 0 Å². The number of rotatable bonds is 4. The van der Waals surface area contributed by atoms with Crippen LogP contribution in [0.3, 0.4) is 0 Å². The SMILES string of the molecule is COC(=O)Cc1c(OC(F)(F)F)ncc(O)c1CCl. The van der Waals surface area contributed by atoms with E-state index in [2.05, 4.69) is 14.5 Å². The van der Waals surface area contributed by atoms with Gasteiger partial charge in [0.1, 0.15) is 5.75 Å². The molecule has 0 saturated heterocycles. The lowest BCUT2D eigenvalue weighted by Crippen LogP contribution is -2.20. The van der Waals surface area contributed by atoms with Crippen molar-refractivity contribution in [1.29, 1.82) is 0 Å². The summed E-state index contributed by atoms with van der Waals surface area (Å²) in [6, 6.07) is 0. The Morgan fingerprint density at radius 1 is 1.47 bits per heavy atom. The second-order valence-electron chi connectivity index (χ2n) is 3.34. The summed E-state index contributed by atoms with van der Waals surface area (Å²) in [5.41, 5.74) is -0.333. The highest BCUT2D eigenvalue weighted by molar-refractivity contribution is 6.17. The first-order chi connectivity index (χ1) is 8.78. The smallest absolute Gasteiger partial charge is 0.506 e. The minimum Gasteiger partial charge on any atom is -0.506 e. The van der Waals surface area contributed by atoms with E-state index >= 15 is 0 Å². The number of methoxy groups -OCH3 is 1. The van der Waals surface area contributed by atoms with Gasteiger partial charge in [-0.3, -0.25) is 4.79 Å². The molecule has 0 radical (unpaired) electrons. The molecule has 1 aromatic rings. The third kappa shape index (κ3) is 4.16. The van der Waals surface area contributed by atoms with E-state index in [-0.39, 0.29) is 17.0 Å². The fraction of sp³-hybridized carbons (Fsp3) is 0.400. The number of ether oxygens (including phenoxy) is 2. The van der Waals surface area contributed by atoms with Crippen molar-refractivity contribution in [2.75, 3.05) is 7.11 Å². The molecule has 0 fully saturated rings. The van der Waals surface area contributed by atoms with E-state index in [1.165, 1.54) is 0 Å². The molecule has 0 saturated carbocycles. The van der Waals surface area contributed by atoms with Gasteiger partial charge in [-0.25, -0.2) is 4.98 Å². The highest BCUT2D eigenvalue weighted by Crippen LogP contribution is 2.32. The van der Waals surface area contributed by atoms with E-state index in [9.17, 15) is 23.1 Å². The van der Waals surface area contributed by atoms with Gasteiger partial charge in [0.15, 0.2) is 0 Å². The van der Waals surface area contributed by atoms with Crippen LogP contribution in [0.2, 0.25) is 0 Å². The molecule has 9 heteroatoms. The number of carbonyl (C=O) groups excluding carboxylic acids is 1. The zero-order chi connectivity index (χ0) is 14.6. The van der Waals surface area contributed by atoms with Crippen molar-refractivity contribution in [2.45, 2.75) is 18.7 Å². The van der Waals surface area contributed by atoms with E-state index < -0.39 is 30.4 Å². The Morgan fingerprint density at radius 2 is 2.11 bits per heavy atom. The van der Waals surface area contributed by atoms with Crippen LogP contribution in [0.5, 0.6) is 11.6 Å². The summed E-state index contributed by atoms with van der Waals surface area (Å²) >= 11 is 5.53. The molecule has 0 unspecified atom stereocenters. The molecule has 0 amide bonds. The molecule has 1 rings (SSSR count). The Morgan fingerprint density at radius 3 is 2.58 bits per heavy atom. The molecule has 0 aliphatic carbocycles. The fourth-order valence-electron chi connectivity index (χ4n) is 1.30. The van der Waals surface area contributed by atoms with Crippen LogP contribution in [-0.4, -0.2) is 29.5 Å². The molecule has 0 aliphatic rings. The summed E-state index contributed by atoms with van der Waals surface area (Å²) in [4.78, 5) is 14.5. The number of hydrogen-bond acceptors (Lipinski definition) is 5. The average Bonchev–Trinajstić information content (AvgIpc) is 2.31. The van der Waals surface area contributed by atoms with Crippen LogP contribution in [0.1, 0.15) is 11.1 Å². The maximum atomic E-state index is 12.2. The molecule has 0 atom stereocenters. The Hall–Kier alpha value is -1.70. The third-order valence-electron chi connectivity index (χ3n) is 2.13. The number of carbonyl (C=O) groups is 1. The van der Waals surface area contributed by atoms with Crippen molar-refractivity contribution in [1.82, 2.24) is 4.98 Å². The minimum atomic E-state index is -4.97. The molecule has 106 valence electrons. The Bertz CT molecular complexity index is 479. The zero-order valence-electron chi connectivity index (χ0n) is 9.62. The molecule has 0 spiro atoms. The first-order valence-electron chi connectivity index (χ1n) is 4.86. The lowest BCUT2D eigenvalue weighted by Gasteiger charge is -2.15. The molecule has 1 heterocycles. The normalized spacial score (nSPS) is 11.2. The number of aromatic nitrogens is 1. The predicted octanol–water partition coefficient (Wildman–Crippen LogP) is 2.14. The van der Waals surface area contributed by atoms with Crippen LogP contribution < -0.4 is 4.74 Å². The number of alkyl halides is 4. The monoisotopic (exact) mass is 299 g/mol. The molecule has 1 aromatic heterocycles. The number of hydrogen-bond donors (Lipinski definition) is 1. The summed E-state index contributed by atoms with van der Waals surface area (Å²) in [5.74, 6) is -2.39. The van der Waals surface area contributed by atoms with Crippen molar-refractivity contribution in [3.8, 4) is 11.6 Å². The Kier molecular flexibility index (Phi) is 4.82. The molecular weight excluding hydrogens is 291 g/mol. The Labute approximate surface area is 110 Å². The van der Waals surface area contributed by atoms with E-state index in [1.807, 2.05) is 0 Å². The van der Waals surface area contributed by atoms with E-state index in [0.717, 1.165) is 13.3 Å². The van der Waals surface area contributed by atoms with Gasteiger partial charge in [-0.15, -0.1) is 24.8 Å². The zero-order valence-corrected chi connectivity index (χ0v) is 10.4. The number of nitrogens with zero attached hydrogens (tertiary/aromatic N) is 1. The van der Waals surface area contributed by atoms with Crippen LogP contribution >= 0.6 is 11.6 Å². The summed E-state index contributed by atoms with van der Waals surface area (Å²) in [6.07, 6.45) is -4.76. The lowest BCUT2D eigenvalue weighted by molar-refractivity contribution is -0.276. The van der Waals surface area contributed by atoms with Crippen LogP contribution in [-0.2, 0) is 21.8 Å². The van der Waals surface area contributed by atoms with Crippen molar-refractivity contribution < 1.29 is 32.5 Å². The summed E-state index contributed by atoms with van der Waals surface area (Å²) in [5, 5.41) is 9.46. The first-order valence-corrected chi connectivity index (χ1v) is 5.40. The average molecular weight is 300 g/mol. The largest absolute Gasteiger partial charge is 0.574 e. The highest BCUT2D eigenvalue weighted by atomic mass is 35.5. The molecule has 0 aliphatic heterocycles. The van der Waals surface area contributed by atoms with Crippen molar-refractivity contribution in [3.05, 3.63) is 17.3 Å². The number of aromatic hydroxyl groups is 1. The molecule has 0 aromatic carbocycles. The van der Waals surface area contributed by atoms with Gasteiger partial charge < -0.3 is 14.6 Å². The minimum absolute atomic E-state index is 0.0682. The lowest BCUT2D eigenvalue weighted by atomic mass is 10.1. The van der Waals surface area contributed by atoms with Crippen molar-refractivity contribution in [2.24, 2.45) is 0 Å². The summed E-state index contributed by atoms with van der Waals surface area (Å²) < 4.78 is 44.6. The fourth-order valence-corrected chi connectivity index (χ4v) is 1.60. The highest BCUT2D eigenvalue weighted by Gasteiger charge is 2.34. The van der Waals surface area contributed by atoms with Gasteiger partial charge >= 0.3 is 12.3 Å². The van der Waals surface area contributed by atoms with Gasteiger partial charge in [-0.1, -0.05) is 0 Å². The van der Waals surface area contributed by atoms with Gasteiger partial charge in [0.2, 0.25) is 5.88 Å². The van der Waals surface area contributed by atoms with Gasteiger partial charge in [0.05, 0.1) is 25.6 Å². The van der Waals surface area contributed by atoms with E-state index in [0.29, 0.717) is 0 Å². The topological polar surface area (TPSA) is 68.7 Å². The number of halogens is 4.